The molecule has 1 aliphatic heterocycles. The molecule has 178 valence electrons. The van der Waals surface area contributed by atoms with Gasteiger partial charge in [-0.2, -0.15) is 5.10 Å². The van der Waals surface area contributed by atoms with E-state index in [0.29, 0.717) is 11.4 Å². The highest BCUT2D eigenvalue weighted by Gasteiger charge is 2.24. The minimum Gasteiger partial charge on any atom is -0.372 e. The lowest BCUT2D eigenvalue weighted by molar-refractivity contribution is 0.600. The zero-order valence-electron chi connectivity index (χ0n) is 20.0. The van der Waals surface area contributed by atoms with Crippen LogP contribution in [0.1, 0.15) is 38.4 Å². The summed E-state index contributed by atoms with van der Waals surface area (Å²) in [7, 11) is -2.11. The lowest BCUT2D eigenvalue weighted by atomic mass is 10.0. The van der Waals surface area contributed by atoms with Crippen molar-refractivity contribution in [2.75, 3.05) is 22.7 Å². The summed E-state index contributed by atoms with van der Waals surface area (Å²) >= 11 is 0. The molecule has 1 fully saturated rings. The summed E-state index contributed by atoms with van der Waals surface area (Å²) in [5, 5.41) is 4.99. The number of aryl methyl sites for hydroxylation is 2. The zero-order valence-corrected chi connectivity index (χ0v) is 20.8. The van der Waals surface area contributed by atoms with Crippen molar-refractivity contribution in [1.29, 1.82) is 0 Å². The molecule has 0 radical (unpaired) electrons. The van der Waals surface area contributed by atoms with Crippen LogP contribution in [0.5, 0.6) is 0 Å². The molecule has 9 heteroatoms. The molecule has 1 N–H and O–H groups in total. The molecule has 0 spiro atoms. The van der Waals surface area contributed by atoms with Crippen molar-refractivity contribution in [2.45, 2.75) is 44.6 Å². The SMILES string of the molecule is Cc1nn(C)cc1S(=O)(=O)Nc1ccnc2c1c(-c1cccc(N3CCCC3)c1)cn2C(C)C. The Bertz CT molecular complexity index is 1460. The largest absolute Gasteiger partial charge is 0.372 e. The number of nitrogens with zero attached hydrogens (tertiary/aromatic N) is 5. The molecule has 4 heterocycles. The normalized spacial score (nSPS) is 14.4. The first-order valence-electron chi connectivity index (χ1n) is 11.6. The molecule has 1 aliphatic rings. The Labute approximate surface area is 200 Å². The number of nitrogens with one attached hydrogen (secondary N) is 1. The van der Waals surface area contributed by atoms with Gasteiger partial charge in [-0.3, -0.25) is 9.40 Å². The van der Waals surface area contributed by atoms with E-state index in [-0.39, 0.29) is 10.9 Å². The van der Waals surface area contributed by atoms with Crippen LogP contribution >= 0.6 is 0 Å². The molecular weight excluding hydrogens is 448 g/mol. The summed E-state index contributed by atoms with van der Waals surface area (Å²) < 4.78 is 33.0. The molecule has 1 saturated heterocycles. The molecule has 0 unspecified atom stereocenters. The van der Waals surface area contributed by atoms with Crippen LogP contribution in [0.15, 0.2) is 53.8 Å². The monoisotopic (exact) mass is 478 g/mol. The van der Waals surface area contributed by atoms with Crippen LogP contribution in [0.3, 0.4) is 0 Å². The van der Waals surface area contributed by atoms with Gasteiger partial charge >= 0.3 is 0 Å². The van der Waals surface area contributed by atoms with Crippen molar-refractivity contribution >= 4 is 32.4 Å². The topological polar surface area (TPSA) is 85.0 Å². The van der Waals surface area contributed by atoms with E-state index in [2.05, 4.69) is 68.6 Å². The highest BCUT2D eigenvalue weighted by atomic mass is 32.2. The predicted octanol–water partition coefficient (Wildman–Crippen LogP) is 4.73. The summed E-state index contributed by atoms with van der Waals surface area (Å²) in [5.41, 5.74) is 4.91. The Morgan fingerprint density at radius 3 is 2.53 bits per heavy atom. The molecule has 0 saturated carbocycles. The van der Waals surface area contributed by atoms with Gasteiger partial charge in [-0.25, -0.2) is 13.4 Å². The molecule has 1 aromatic carbocycles. The van der Waals surface area contributed by atoms with Crippen LogP contribution in [0.4, 0.5) is 11.4 Å². The second kappa shape index (κ2) is 8.47. The smallest absolute Gasteiger partial charge is 0.265 e. The second-order valence-electron chi connectivity index (χ2n) is 9.20. The first-order valence-corrected chi connectivity index (χ1v) is 13.1. The first kappa shape index (κ1) is 22.5. The van der Waals surface area contributed by atoms with Gasteiger partial charge < -0.3 is 9.47 Å². The number of pyridine rings is 1. The van der Waals surface area contributed by atoms with Gasteiger partial charge in [0.1, 0.15) is 10.5 Å². The van der Waals surface area contributed by atoms with Crippen LogP contribution in [-0.2, 0) is 17.1 Å². The highest BCUT2D eigenvalue weighted by Crippen LogP contribution is 2.38. The van der Waals surface area contributed by atoms with Crippen molar-refractivity contribution in [1.82, 2.24) is 19.3 Å². The fourth-order valence-electron chi connectivity index (χ4n) is 4.76. The maximum Gasteiger partial charge on any atom is 0.265 e. The van der Waals surface area contributed by atoms with Gasteiger partial charge in [0, 0.05) is 56.0 Å². The van der Waals surface area contributed by atoms with E-state index < -0.39 is 10.0 Å². The van der Waals surface area contributed by atoms with E-state index >= 15 is 0 Å². The number of hydrogen-bond acceptors (Lipinski definition) is 5. The standard InChI is InChI=1S/C25H30N6O2S/c1-17(2)31-15-21(19-8-7-9-20(14-19)30-12-5-6-13-30)24-22(10-11-26-25(24)31)28-34(32,33)23-16-29(4)27-18(23)3/h7-11,14-17H,5-6,12-13H2,1-4H3,(H,26,28). The molecule has 3 aromatic heterocycles. The third-order valence-electron chi connectivity index (χ3n) is 6.40. The molecule has 0 aliphatic carbocycles. The molecule has 8 nitrogen and oxygen atoms in total. The van der Waals surface area contributed by atoms with Gasteiger partial charge in [0.25, 0.3) is 10.0 Å². The number of sulfonamides is 1. The maximum absolute atomic E-state index is 13.3. The van der Waals surface area contributed by atoms with Gasteiger partial charge in [0.15, 0.2) is 0 Å². The number of fused-ring (bicyclic) bond motifs is 1. The molecule has 4 aromatic rings. The summed E-state index contributed by atoms with van der Waals surface area (Å²) in [6.07, 6.45) is 7.68. The summed E-state index contributed by atoms with van der Waals surface area (Å²) in [6.45, 7) is 8.02. The summed E-state index contributed by atoms with van der Waals surface area (Å²) in [4.78, 5) is 7.20. The minimum atomic E-state index is -3.82. The summed E-state index contributed by atoms with van der Waals surface area (Å²) in [5.74, 6) is 0. The van der Waals surface area contributed by atoms with Crippen molar-refractivity contribution in [2.24, 2.45) is 7.05 Å². The molecule has 0 amide bonds. The second-order valence-corrected chi connectivity index (χ2v) is 10.9. The number of anilines is 2. The van der Waals surface area contributed by atoms with Crippen molar-refractivity contribution in [3.8, 4) is 11.1 Å². The molecular formula is C25H30N6O2S. The Kier molecular flexibility index (Phi) is 5.59. The molecule has 0 bridgehead atoms. The van der Waals surface area contributed by atoms with Crippen molar-refractivity contribution in [3.05, 3.63) is 54.6 Å². The number of benzene rings is 1. The van der Waals surface area contributed by atoms with Gasteiger partial charge in [0.2, 0.25) is 0 Å². The van der Waals surface area contributed by atoms with Crippen molar-refractivity contribution < 1.29 is 8.42 Å². The Hall–Kier alpha value is -3.33. The van der Waals surface area contributed by atoms with Crippen molar-refractivity contribution in [3.63, 3.8) is 0 Å². The van der Waals surface area contributed by atoms with Gasteiger partial charge in [-0.05, 0) is 57.4 Å². The van der Waals surface area contributed by atoms with E-state index in [1.807, 2.05) is 0 Å². The molecule has 0 atom stereocenters. The highest BCUT2D eigenvalue weighted by molar-refractivity contribution is 7.92. The van der Waals surface area contributed by atoms with Gasteiger partial charge in [0.05, 0.1) is 16.8 Å². The Morgan fingerprint density at radius 1 is 1.09 bits per heavy atom. The van der Waals surface area contributed by atoms with Crippen LogP contribution in [0.2, 0.25) is 0 Å². The van der Waals surface area contributed by atoms with E-state index in [9.17, 15) is 8.42 Å². The van der Waals surface area contributed by atoms with Crippen LogP contribution in [0.25, 0.3) is 22.2 Å². The predicted molar refractivity (Wildman–Crippen MR) is 136 cm³/mol. The van der Waals surface area contributed by atoms with Crippen LogP contribution in [0, 0.1) is 6.92 Å². The third kappa shape index (κ3) is 3.94. The van der Waals surface area contributed by atoms with E-state index in [0.717, 1.165) is 35.2 Å². The average Bonchev–Trinajstić information content (AvgIpc) is 3.52. The minimum absolute atomic E-state index is 0.165. The van der Waals surface area contributed by atoms with E-state index in [4.69, 9.17) is 0 Å². The first-order chi connectivity index (χ1) is 16.2. The maximum atomic E-state index is 13.3. The molecule has 5 rings (SSSR count). The lowest BCUT2D eigenvalue weighted by Gasteiger charge is -2.18. The molecule has 34 heavy (non-hydrogen) atoms. The number of hydrogen-bond donors (Lipinski definition) is 1. The lowest BCUT2D eigenvalue weighted by Crippen LogP contribution is -2.17. The van der Waals surface area contributed by atoms with E-state index in [1.54, 1.807) is 26.2 Å². The Morgan fingerprint density at radius 2 is 1.85 bits per heavy atom. The Balaban J connectivity index is 1.66. The van der Waals surface area contributed by atoms with Crippen LogP contribution in [-0.4, -0.2) is 40.8 Å². The van der Waals surface area contributed by atoms with Gasteiger partial charge in [-0.15, -0.1) is 0 Å². The van der Waals surface area contributed by atoms with E-state index in [1.165, 1.54) is 29.4 Å². The number of aromatic nitrogens is 4. The fourth-order valence-corrected chi connectivity index (χ4v) is 6.05. The zero-order chi connectivity index (χ0) is 24.0. The summed E-state index contributed by atoms with van der Waals surface area (Å²) in [6, 6.07) is 10.4. The quantitative estimate of drug-likeness (QED) is 0.433. The van der Waals surface area contributed by atoms with Gasteiger partial charge in [-0.1, -0.05) is 12.1 Å². The third-order valence-corrected chi connectivity index (χ3v) is 7.87. The number of rotatable bonds is 6. The van der Waals surface area contributed by atoms with Crippen LogP contribution < -0.4 is 9.62 Å². The fraction of sp³-hybridized carbons (Fsp3) is 0.360. The average molecular weight is 479 g/mol.